The molecule has 1 N–H and O–H groups in total. The number of nitrogens with one attached hydrogen (secondary N) is 1. The largest absolute Gasteiger partial charge is 0.500 e. The SMILES string of the molecule is COC1=C(C)CCC=C(F)C=C1C1=CC(C)=C(OC)C(C=Cc2ccc(NSCN3CCCC3)cc2)C1. The van der Waals surface area contributed by atoms with Gasteiger partial charge in [-0.2, -0.15) is 0 Å². The van der Waals surface area contributed by atoms with Gasteiger partial charge in [0.25, 0.3) is 0 Å². The molecule has 0 amide bonds. The summed E-state index contributed by atoms with van der Waals surface area (Å²) in [6.07, 6.45) is 14.5. The molecule has 1 heterocycles. The van der Waals surface area contributed by atoms with Crippen LogP contribution in [0.5, 0.6) is 0 Å². The summed E-state index contributed by atoms with van der Waals surface area (Å²) < 4.78 is 29.6. The zero-order valence-electron chi connectivity index (χ0n) is 22.5. The third kappa shape index (κ3) is 7.20. The Kier molecular flexibility index (Phi) is 9.75. The minimum absolute atomic E-state index is 0.0515. The minimum Gasteiger partial charge on any atom is -0.500 e. The molecule has 1 unspecified atom stereocenters. The highest BCUT2D eigenvalue weighted by atomic mass is 32.2. The van der Waals surface area contributed by atoms with Gasteiger partial charge in [0, 0.05) is 17.2 Å². The van der Waals surface area contributed by atoms with E-state index in [0.29, 0.717) is 12.8 Å². The average Bonchev–Trinajstić information content (AvgIpc) is 3.40. The summed E-state index contributed by atoms with van der Waals surface area (Å²) in [5, 5.41) is 0. The van der Waals surface area contributed by atoms with Crippen molar-refractivity contribution in [3.63, 3.8) is 0 Å². The highest BCUT2D eigenvalue weighted by molar-refractivity contribution is 8.00. The van der Waals surface area contributed by atoms with Crippen LogP contribution in [-0.4, -0.2) is 38.1 Å². The number of methoxy groups -OCH3 is 2. The van der Waals surface area contributed by atoms with Crippen LogP contribution in [0.4, 0.5) is 10.1 Å². The fourth-order valence-electron chi connectivity index (χ4n) is 5.23. The van der Waals surface area contributed by atoms with Gasteiger partial charge in [0.2, 0.25) is 0 Å². The van der Waals surface area contributed by atoms with E-state index in [-0.39, 0.29) is 11.7 Å². The predicted octanol–water partition coefficient (Wildman–Crippen LogP) is 8.17. The van der Waals surface area contributed by atoms with Crippen molar-refractivity contribution >= 4 is 23.7 Å². The van der Waals surface area contributed by atoms with Crippen molar-refractivity contribution in [3.05, 3.63) is 93.8 Å². The van der Waals surface area contributed by atoms with E-state index in [9.17, 15) is 4.39 Å². The van der Waals surface area contributed by atoms with Crippen molar-refractivity contribution in [3.8, 4) is 0 Å². The van der Waals surface area contributed by atoms with Gasteiger partial charge < -0.3 is 14.2 Å². The van der Waals surface area contributed by atoms with Gasteiger partial charge in [0.15, 0.2) is 0 Å². The van der Waals surface area contributed by atoms with Crippen LogP contribution in [0.25, 0.3) is 6.08 Å². The number of likely N-dealkylation sites (tertiary alicyclic amines) is 1. The molecule has 6 heteroatoms. The first kappa shape index (κ1) is 27.3. The Hall–Kier alpha value is -2.70. The number of halogens is 1. The van der Waals surface area contributed by atoms with E-state index in [0.717, 1.165) is 57.4 Å². The third-order valence-corrected chi connectivity index (χ3v) is 8.04. The molecule has 1 saturated heterocycles. The number of hydrogen-bond acceptors (Lipinski definition) is 5. The van der Waals surface area contributed by atoms with Crippen LogP contribution >= 0.6 is 11.9 Å². The Bertz CT molecular complexity index is 1140. The van der Waals surface area contributed by atoms with Crippen LogP contribution in [0, 0.1) is 5.92 Å². The predicted molar refractivity (Wildman–Crippen MR) is 154 cm³/mol. The number of ether oxygens (including phenoxy) is 2. The van der Waals surface area contributed by atoms with E-state index < -0.39 is 0 Å². The summed E-state index contributed by atoms with van der Waals surface area (Å²) in [6.45, 7) is 6.54. The summed E-state index contributed by atoms with van der Waals surface area (Å²) >= 11 is 1.75. The number of benzene rings is 1. The van der Waals surface area contributed by atoms with Gasteiger partial charge in [-0.1, -0.05) is 30.4 Å². The highest BCUT2D eigenvalue weighted by Crippen LogP contribution is 2.39. The first-order valence-electron chi connectivity index (χ1n) is 13.1. The number of hydrogen-bond donors (Lipinski definition) is 1. The molecule has 1 atom stereocenters. The lowest BCUT2D eigenvalue weighted by Gasteiger charge is -2.27. The summed E-state index contributed by atoms with van der Waals surface area (Å²) in [5.74, 6) is 2.57. The van der Waals surface area contributed by atoms with Crippen LogP contribution in [0.15, 0.2) is 88.2 Å². The van der Waals surface area contributed by atoms with Gasteiger partial charge in [-0.3, -0.25) is 4.90 Å². The summed E-state index contributed by atoms with van der Waals surface area (Å²) in [7, 11) is 3.39. The molecular weight excluding hydrogens is 483 g/mol. The average molecular weight is 523 g/mol. The van der Waals surface area contributed by atoms with Gasteiger partial charge in [-0.25, -0.2) is 4.39 Å². The van der Waals surface area contributed by atoms with E-state index in [1.807, 2.05) is 0 Å². The molecule has 0 saturated carbocycles. The van der Waals surface area contributed by atoms with Crippen molar-refractivity contribution in [2.24, 2.45) is 5.92 Å². The lowest BCUT2D eigenvalue weighted by molar-refractivity contribution is 0.249. The molecule has 4 rings (SSSR count). The maximum Gasteiger partial charge on any atom is 0.125 e. The van der Waals surface area contributed by atoms with Gasteiger partial charge in [0.05, 0.1) is 20.1 Å². The van der Waals surface area contributed by atoms with Crippen LogP contribution in [0.3, 0.4) is 0 Å². The van der Waals surface area contributed by atoms with Crippen LogP contribution in [0.1, 0.15) is 51.5 Å². The molecule has 0 radical (unpaired) electrons. The van der Waals surface area contributed by atoms with E-state index in [1.165, 1.54) is 25.9 Å². The van der Waals surface area contributed by atoms with Gasteiger partial charge in [-0.05, 0) is 118 Å². The molecule has 198 valence electrons. The molecule has 37 heavy (non-hydrogen) atoms. The maximum atomic E-state index is 14.6. The standard InChI is InChI=1S/C31H39FN2O2S/c1-22-8-7-9-27(32)20-29(31(22)36-4)26-18-23(2)30(35-3)25(19-26)13-10-24-11-14-28(15-12-24)33-37-21-34-16-5-6-17-34/h9-15,18,20,25,33H,5-8,16-17,19,21H2,1-4H3. The highest BCUT2D eigenvalue weighted by Gasteiger charge is 2.26. The van der Waals surface area contributed by atoms with Gasteiger partial charge in [-0.15, -0.1) is 0 Å². The Morgan fingerprint density at radius 3 is 2.54 bits per heavy atom. The molecular formula is C31H39FN2O2S. The van der Waals surface area contributed by atoms with Crippen LogP contribution in [-0.2, 0) is 9.47 Å². The molecule has 1 aliphatic heterocycles. The van der Waals surface area contributed by atoms with Crippen molar-refractivity contribution in [2.75, 3.05) is 37.9 Å². The summed E-state index contributed by atoms with van der Waals surface area (Å²) in [5.41, 5.74) is 6.31. The molecule has 0 spiro atoms. The van der Waals surface area contributed by atoms with E-state index in [1.54, 1.807) is 38.3 Å². The molecule has 1 fully saturated rings. The second-order valence-electron chi connectivity index (χ2n) is 9.91. The number of rotatable bonds is 9. The van der Waals surface area contributed by atoms with E-state index in [4.69, 9.17) is 9.47 Å². The van der Waals surface area contributed by atoms with Crippen molar-refractivity contribution in [1.82, 2.24) is 4.90 Å². The fraction of sp³-hybridized carbons (Fsp3) is 0.419. The second kappa shape index (κ2) is 13.2. The zero-order valence-corrected chi connectivity index (χ0v) is 23.3. The van der Waals surface area contributed by atoms with Crippen molar-refractivity contribution < 1.29 is 13.9 Å². The van der Waals surface area contributed by atoms with Crippen LogP contribution < -0.4 is 4.72 Å². The van der Waals surface area contributed by atoms with E-state index in [2.05, 4.69) is 66.0 Å². The Morgan fingerprint density at radius 2 is 1.84 bits per heavy atom. The topological polar surface area (TPSA) is 33.7 Å². The summed E-state index contributed by atoms with van der Waals surface area (Å²) in [4.78, 5) is 2.48. The second-order valence-corrected chi connectivity index (χ2v) is 10.7. The molecule has 3 aliphatic rings. The van der Waals surface area contributed by atoms with Gasteiger partial charge >= 0.3 is 0 Å². The monoisotopic (exact) mass is 522 g/mol. The van der Waals surface area contributed by atoms with Gasteiger partial charge in [0.1, 0.15) is 17.3 Å². The van der Waals surface area contributed by atoms with E-state index >= 15 is 0 Å². The molecule has 2 aliphatic carbocycles. The first-order valence-corrected chi connectivity index (χ1v) is 14.1. The quantitative estimate of drug-likeness (QED) is 0.331. The lowest BCUT2D eigenvalue weighted by Crippen LogP contribution is -2.18. The smallest absolute Gasteiger partial charge is 0.125 e. The number of anilines is 1. The number of nitrogens with zero attached hydrogens (tertiary/aromatic N) is 1. The minimum atomic E-state index is -0.212. The van der Waals surface area contributed by atoms with Crippen molar-refractivity contribution in [2.45, 2.75) is 46.0 Å². The summed E-state index contributed by atoms with van der Waals surface area (Å²) in [6, 6.07) is 8.50. The normalized spacial score (nSPS) is 21.4. The lowest BCUT2D eigenvalue weighted by atomic mass is 9.83. The Balaban J connectivity index is 1.48. The fourth-order valence-corrected chi connectivity index (χ4v) is 6.04. The number of allylic oxidation sites excluding steroid dienone is 8. The van der Waals surface area contributed by atoms with Crippen molar-refractivity contribution in [1.29, 1.82) is 0 Å². The molecule has 1 aromatic carbocycles. The maximum absolute atomic E-state index is 14.6. The molecule has 4 nitrogen and oxygen atoms in total. The Labute approximate surface area is 225 Å². The molecule has 1 aromatic rings. The first-order chi connectivity index (χ1) is 18.0. The molecule has 0 aromatic heterocycles. The molecule has 0 bridgehead atoms. The third-order valence-electron chi connectivity index (χ3n) is 7.17. The van der Waals surface area contributed by atoms with Crippen LogP contribution in [0.2, 0.25) is 0 Å². The Morgan fingerprint density at radius 1 is 1.08 bits per heavy atom. The zero-order chi connectivity index (χ0) is 26.2.